The summed E-state index contributed by atoms with van der Waals surface area (Å²) in [6.45, 7) is 2.78. The Morgan fingerprint density at radius 3 is 2.52 bits per heavy atom. The van der Waals surface area contributed by atoms with Gasteiger partial charge in [-0.2, -0.15) is 0 Å². The Bertz CT molecular complexity index is 799. The predicted octanol–water partition coefficient (Wildman–Crippen LogP) is 2.88. The molecule has 130 valence electrons. The molecule has 1 aliphatic rings. The molecule has 0 aliphatic carbocycles. The van der Waals surface area contributed by atoms with Crippen molar-refractivity contribution >= 4 is 17.5 Å². The van der Waals surface area contributed by atoms with E-state index in [1.54, 1.807) is 36.9 Å². The summed E-state index contributed by atoms with van der Waals surface area (Å²) in [5, 5.41) is 0. The Labute approximate surface area is 147 Å². The Kier molecular flexibility index (Phi) is 4.74. The first-order valence-corrected chi connectivity index (χ1v) is 8.29. The molecular formula is C20H22N2O3. The zero-order chi connectivity index (χ0) is 18.0. The summed E-state index contributed by atoms with van der Waals surface area (Å²) in [5.74, 6) is 0.806. The van der Waals surface area contributed by atoms with Crippen LogP contribution in [0.1, 0.15) is 28.4 Å². The molecule has 0 fully saturated rings. The maximum atomic E-state index is 12.7. The van der Waals surface area contributed by atoms with Gasteiger partial charge in [-0.1, -0.05) is 12.1 Å². The van der Waals surface area contributed by atoms with Crippen LogP contribution in [-0.4, -0.2) is 37.4 Å². The number of rotatable bonds is 4. The summed E-state index contributed by atoms with van der Waals surface area (Å²) in [4.78, 5) is 27.8. The SMILES string of the molecule is COc1ccc(CN(C)C(=O)c2ccc3c(c2)CCN3C(C)=O)cc1. The molecule has 0 atom stereocenters. The number of ether oxygens (including phenoxy) is 1. The van der Waals surface area contributed by atoms with Crippen LogP contribution in [0.3, 0.4) is 0 Å². The molecule has 0 spiro atoms. The minimum absolute atomic E-state index is 0.0279. The molecule has 0 aromatic heterocycles. The van der Waals surface area contributed by atoms with Crippen LogP contribution in [0.15, 0.2) is 42.5 Å². The standard InChI is InChI=1S/C20H22N2O3/c1-14(23)22-11-10-16-12-17(6-9-19(16)22)20(24)21(2)13-15-4-7-18(25-3)8-5-15/h4-9,12H,10-11,13H2,1-3H3. The topological polar surface area (TPSA) is 49.9 Å². The summed E-state index contributed by atoms with van der Waals surface area (Å²) in [7, 11) is 3.42. The van der Waals surface area contributed by atoms with E-state index in [0.717, 1.165) is 29.0 Å². The molecule has 5 heteroatoms. The lowest BCUT2D eigenvalue weighted by Crippen LogP contribution is -2.27. The molecule has 3 rings (SSSR count). The van der Waals surface area contributed by atoms with Crippen LogP contribution in [0, 0.1) is 0 Å². The number of benzene rings is 2. The lowest BCUT2D eigenvalue weighted by atomic mass is 10.1. The number of methoxy groups -OCH3 is 1. The predicted molar refractivity (Wildman–Crippen MR) is 97.0 cm³/mol. The molecule has 0 N–H and O–H groups in total. The zero-order valence-electron chi connectivity index (χ0n) is 14.8. The van der Waals surface area contributed by atoms with Crippen LogP contribution in [0.4, 0.5) is 5.69 Å². The van der Waals surface area contributed by atoms with Gasteiger partial charge in [0, 0.05) is 38.3 Å². The van der Waals surface area contributed by atoms with Crippen LogP contribution >= 0.6 is 0 Å². The van der Waals surface area contributed by atoms with Crippen molar-refractivity contribution in [2.45, 2.75) is 19.9 Å². The van der Waals surface area contributed by atoms with E-state index in [1.165, 1.54) is 0 Å². The van der Waals surface area contributed by atoms with Crippen molar-refractivity contribution in [3.8, 4) is 5.75 Å². The molecule has 2 aromatic carbocycles. The number of carbonyl (C=O) groups is 2. The van der Waals surface area contributed by atoms with Crippen LogP contribution in [0.5, 0.6) is 5.75 Å². The van der Waals surface area contributed by atoms with Crippen molar-refractivity contribution in [1.29, 1.82) is 0 Å². The molecule has 2 amide bonds. The number of anilines is 1. The number of amides is 2. The second kappa shape index (κ2) is 6.97. The fraction of sp³-hybridized carbons (Fsp3) is 0.300. The lowest BCUT2D eigenvalue weighted by molar-refractivity contribution is -0.116. The van der Waals surface area contributed by atoms with Crippen LogP contribution in [0.2, 0.25) is 0 Å². The number of fused-ring (bicyclic) bond motifs is 1. The minimum atomic E-state index is -0.0279. The van der Waals surface area contributed by atoms with Gasteiger partial charge in [0.05, 0.1) is 7.11 Å². The molecule has 2 aromatic rings. The monoisotopic (exact) mass is 338 g/mol. The average Bonchev–Trinajstić information content (AvgIpc) is 3.05. The van der Waals surface area contributed by atoms with Gasteiger partial charge in [0.2, 0.25) is 5.91 Å². The maximum Gasteiger partial charge on any atom is 0.253 e. The average molecular weight is 338 g/mol. The van der Waals surface area contributed by atoms with Crippen molar-refractivity contribution < 1.29 is 14.3 Å². The van der Waals surface area contributed by atoms with Crippen LogP contribution < -0.4 is 9.64 Å². The largest absolute Gasteiger partial charge is 0.497 e. The summed E-state index contributed by atoms with van der Waals surface area (Å²) in [6, 6.07) is 13.3. The van der Waals surface area contributed by atoms with E-state index >= 15 is 0 Å². The van der Waals surface area contributed by atoms with E-state index in [-0.39, 0.29) is 11.8 Å². The van der Waals surface area contributed by atoms with Gasteiger partial charge in [0.15, 0.2) is 0 Å². The van der Waals surface area contributed by atoms with E-state index in [9.17, 15) is 9.59 Å². The number of carbonyl (C=O) groups excluding carboxylic acids is 2. The van der Waals surface area contributed by atoms with Gasteiger partial charge in [-0.15, -0.1) is 0 Å². The van der Waals surface area contributed by atoms with Gasteiger partial charge in [-0.3, -0.25) is 9.59 Å². The van der Waals surface area contributed by atoms with Gasteiger partial charge in [0.25, 0.3) is 5.91 Å². The van der Waals surface area contributed by atoms with Gasteiger partial charge in [0.1, 0.15) is 5.75 Å². The minimum Gasteiger partial charge on any atom is -0.497 e. The van der Waals surface area contributed by atoms with Gasteiger partial charge >= 0.3 is 0 Å². The Morgan fingerprint density at radius 2 is 1.88 bits per heavy atom. The van der Waals surface area contributed by atoms with Crippen molar-refractivity contribution in [2.75, 3.05) is 25.6 Å². The van der Waals surface area contributed by atoms with E-state index < -0.39 is 0 Å². The maximum absolute atomic E-state index is 12.7. The van der Waals surface area contributed by atoms with Crippen molar-refractivity contribution in [1.82, 2.24) is 4.90 Å². The molecule has 0 unspecified atom stereocenters. The fourth-order valence-corrected chi connectivity index (χ4v) is 3.16. The summed E-state index contributed by atoms with van der Waals surface area (Å²) in [6.07, 6.45) is 0.790. The third-order valence-electron chi connectivity index (χ3n) is 4.53. The van der Waals surface area contributed by atoms with Gasteiger partial charge < -0.3 is 14.5 Å². The first-order chi connectivity index (χ1) is 12.0. The molecule has 25 heavy (non-hydrogen) atoms. The Balaban J connectivity index is 1.73. The highest BCUT2D eigenvalue weighted by Crippen LogP contribution is 2.29. The zero-order valence-corrected chi connectivity index (χ0v) is 14.8. The highest BCUT2D eigenvalue weighted by Gasteiger charge is 2.23. The van der Waals surface area contributed by atoms with E-state index in [2.05, 4.69) is 0 Å². The Hall–Kier alpha value is -2.82. The lowest BCUT2D eigenvalue weighted by Gasteiger charge is -2.19. The molecule has 5 nitrogen and oxygen atoms in total. The van der Waals surface area contributed by atoms with Crippen molar-refractivity contribution in [3.05, 3.63) is 59.2 Å². The van der Waals surface area contributed by atoms with E-state index in [0.29, 0.717) is 18.7 Å². The third-order valence-corrected chi connectivity index (χ3v) is 4.53. The molecule has 0 saturated heterocycles. The van der Waals surface area contributed by atoms with Crippen molar-refractivity contribution in [3.63, 3.8) is 0 Å². The second-order valence-electron chi connectivity index (χ2n) is 6.27. The summed E-state index contributed by atoms with van der Waals surface area (Å²) < 4.78 is 5.15. The smallest absolute Gasteiger partial charge is 0.253 e. The summed E-state index contributed by atoms with van der Waals surface area (Å²) in [5.41, 5.74) is 3.67. The molecule has 0 saturated carbocycles. The molecule has 0 radical (unpaired) electrons. The number of hydrogen-bond acceptors (Lipinski definition) is 3. The number of nitrogens with zero attached hydrogens (tertiary/aromatic N) is 2. The van der Waals surface area contributed by atoms with Gasteiger partial charge in [-0.25, -0.2) is 0 Å². The van der Waals surface area contributed by atoms with E-state index in [1.807, 2.05) is 36.4 Å². The molecular weight excluding hydrogens is 316 g/mol. The highest BCUT2D eigenvalue weighted by molar-refractivity contribution is 5.97. The quantitative estimate of drug-likeness (QED) is 0.861. The summed E-state index contributed by atoms with van der Waals surface area (Å²) >= 11 is 0. The van der Waals surface area contributed by atoms with Crippen molar-refractivity contribution in [2.24, 2.45) is 0 Å². The molecule has 1 aliphatic heterocycles. The number of hydrogen-bond donors (Lipinski definition) is 0. The second-order valence-corrected chi connectivity index (χ2v) is 6.27. The normalized spacial score (nSPS) is 12.7. The first kappa shape index (κ1) is 17.0. The fourth-order valence-electron chi connectivity index (χ4n) is 3.16. The van der Waals surface area contributed by atoms with Gasteiger partial charge in [-0.05, 0) is 47.9 Å². The molecule has 1 heterocycles. The van der Waals surface area contributed by atoms with Crippen LogP contribution in [0.25, 0.3) is 0 Å². The van der Waals surface area contributed by atoms with Crippen LogP contribution in [-0.2, 0) is 17.8 Å². The third kappa shape index (κ3) is 3.50. The Morgan fingerprint density at radius 1 is 1.16 bits per heavy atom. The highest BCUT2D eigenvalue weighted by atomic mass is 16.5. The first-order valence-electron chi connectivity index (χ1n) is 8.29. The molecule has 0 bridgehead atoms. The van der Waals surface area contributed by atoms with E-state index in [4.69, 9.17) is 4.74 Å².